The van der Waals surface area contributed by atoms with Gasteiger partial charge < -0.3 is 50.6 Å². The second-order valence-corrected chi connectivity index (χ2v) is 17.2. The number of carboxylic acid groups (broad SMARTS) is 2. The summed E-state index contributed by atoms with van der Waals surface area (Å²) >= 11 is 0. The summed E-state index contributed by atoms with van der Waals surface area (Å²) < 4.78 is 15.1. The second kappa shape index (κ2) is 21.6. The Balaban J connectivity index is 0.743. The van der Waals surface area contributed by atoms with Gasteiger partial charge in [0.1, 0.15) is 11.5 Å². The summed E-state index contributed by atoms with van der Waals surface area (Å²) in [7, 11) is 0. The second-order valence-electron chi connectivity index (χ2n) is 17.2. The fourth-order valence-corrected chi connectivity index (χ4v) is 8.89. The highest BCUT2D eigenvalue weighted by Crippen LogP contribution is 2.37. The number of nitrogen functional groups attached to an aromatic ring is 2. The highest BCUT2D eigenvalue weighted by Gasteiger charge is 2.26. The van der Waals surface area contributed by atoms with Crippen LogP contribution in [-0.2, 0) is 9.59 Å². The molecule has 0 aliphatic rings. The van der Waals surface area contributed by atoms with Crippen molar-refractivity contribution in [1.29, 1.82) is 0 Å². The Morgan fingerprint density at radius 1 is 0.514 bits per heavy atom. The quantitative estimate of drug-likeness (QED) is 0.0226. The standard InChI is InChI=1S/C56H52N6O10/c1-33-49(45-11-5-9-27-61(45)51(33)53(65)37-17-23-43(57)41(29-37)55(67)68)35-13-19-39(20-14-35)71-31-47(63)59-25-7-3-4-8-26-60-48(64)32-72-40-21-15-36(16-22-40)50-34(2)52(62-28-10-6-12-46(50)62)54(66)38-18-24-44(58)42(30-38)56(69)70/h5-6,9-24,27-30H,3-4,7-8,25-26,31-32,57-58H2,1-2H3,(H,59,63)(H,60,64)(H,67,68)(H,69,70). The molecule has 16 nitrogen and oxygen atoms in total. The average molecular weight is 969 g/mol. The van der Waals surface area contributed by atoms with E-state index in [0.29, 0.717) is 47.1 Å². The number of ether oxygens (including phenoxy) is 2. The van der Waals surface area contributed by atoms with Crippen molar-refractivity contribution in [3.05, 3.63) is 178 Å². The lowest BCUT2D eigenvalue weighted by atomic mass is 9.98. The Hall–Kier alpha value is -9.18. The van der Waals surface area contributed by atoms with E-state index in [1.54, 1.807) is 45.5 Å². The van der Waals surface area contributed by atoms with Crippen LogP contribution in [0.4, 0.5) is 11.4 Å². The van der Waals surface area contributed by atoms with Crippen molar-refractivity contribution in [3.8, 4) is 33.8 Å². The van der Waals surface area contributed by atoms with Gasteiger partial charge in [-0.1, -0.05) is 49.2 Å². The summed E-state index contributed by atoms with van der Waals surface area (Å²) in [5, 5.41) is 24.9. The molecule has 8 N–H and O–H groups in total. The molecular formula is C56H52N6O10. The van der Waals surface area contributed by atoms with Crippen molar-refractivity contribution >= 4 is 57.7 Å². The summed E-state index contributed by atoms with van der Waals surface area (Å²) in [4.78, 5) is 76.2. The van der Waals surface area contributed by atoms with E-state index in [-0.39, 0.29) is 70.2 Å². The Labute approximate surface area is 413 Å². The topological polar surface area (TPSA) is 246 Å². The minimum absolute atomic E-state index is 0.0723. The van der Waals surface area contributed by atoms with E-state index in [4.69, 9.17) is 20.9 Å². The zero-order valence-electron chi connectivity index (χ0n) is 39.6. The van der Waals surface area contributed by atoms with Gasteiger partial charge in [0, 0.05) is 59.1 Å². The van der Waals surface area contributed by atoms with Gasteiger partial charge in [0.05, 0.1) is 33.5 Å². The molecule has 2 amide bonds. The molecule has 0 aliphatic heterocycles. The lowest BCUT2D eigenvalue weighted by molar-refractivity contribution is -0.123. The number of carbonyl (C=O) groups excluding carboxylic acids is 4. The largest absolute Gasteiger partial charge is 0.484 e. The number of benzene rings is 4. The van der Waals surface area contributed by atoms with E-state index >= 15 is 0 Å². The number of nitrogens with zero attached hydrogens (tertiary/aromatic N) is 2. The molecule has 0 fully saturated rings. The molecule has 16 heteroatoms. The van der Waals surface area contributed by atoms with E-state index in [1.807, 2.05) is 74.5 Å². The number of unbranched alkanes of at least 4 members (excludes halogenated alkanes) is 3. The van der Waals surface area contributed by atoms with Crippen molar-refractivity contribution in [3.63, 3.8) is 0 Å². The molecular weight excluding hydrogens is 917 g/mol. The number of ketones is 2. The average Bonchev–Trinajstić information content (AvgIpc) is 3.85. The van der Waals surface area contributed by atoms with Crippen molar-refractivity contribution in [2.24, 2.45) is 0 Å². The van der Waals surface area contributed by atoms with Crippen LogP contribution in [0, 0.1) is 13.8 Å². The monoisotopic (exact) mass is 968 g/mol. The Morgan fingerprint density at radius 2 is 0.903 bits per heavy atom. The maximum atomic E-state index is 13.8. The molecule has 4 aromatic heterocycles. The van der Waals surface area contributed by atoms with Gasteiger partial charge in [-0.05, 0) is 134 Å². The molecule has 0 saturated carbocycles. The third-order valence-electron chi connectivity index (χ3n) is 12.5. The van der Waals surface area contributed by atoms with Crippen LogP contribution in [0.1, 0.15) is 89.6 Å². The third-order valence-corrected chi connectivity index (χ3v) is 12.5. The highest BCUT2D eigenvalue weighted by molar-refractivity contribution is 6.14. The van der Waals surface area contributed by atoms with E-state index in [0.717, 1.165) is 59.0 Å². The number of aromatic nitrogens is 2. The highest BCUT2D eigenvalue weighted by atomic mass is 16.5. The van der Waals surface area contributed by atoms with E-state index in [2.05, 4.69) is 10.6 Å². The van der Waals surface area contributed by atoms with Crippen LogP contribution in [0.25, 0.3) is 33.3 Å². The Morgan fingerprint density at radius 3 is 1.28 bits per heavy atom. The van der Waals surface area contributed by atoms with Gasteiger partial charge in [-0.25, -0.2) is 9.59 Å². The first-order valence-corrected chi connectivity index (χ1v) is 23.3. The van der Waals surface area contributed by atoms with Gasteiger partial charge in [0.25, 0.3) is 11.8 Å². The van der Waals surface area contributed by atoms with Gasteiger partial charge in [-0.3, -0.25) is 19.2 Å². The normalized spacial score (nSPS) is 11.1. The first-order valence-electron chi connectivity index (χ1n) is 23.3. The maximum absolute atomic E-state index is 13.8. The Kier molecular flexibility index (Phi) is 14.8. The van der Waals surface area contributed by atoms with E-state index in [1.165, 1.54) is 36.4 Å². The van der Waals surface area contributed by atoms with Crippen molar-refractivity contribution in [1.82, 2.24) is 19.4 Å². The van der Waals surface area contributed by atoms with Gasteiger partial charge in [-0.2, -0.15) is 0 Å². The summed E-state index contributed by atoms with van der Waals surface area (Å²) in [5.41, 5.74) is 19.1. The molecule has 0 radical (unpaired) electrons. The molecule has 0 bridgehead atoms. The van der Waals surface area contributed by atoms with E-state index in [9.17, 15) is 39.0 Å². The molecule has 0 atom stereocenters. The van der Waals surface area contributed by atoms with Crippen molar-refractivity contribution in [2.45, 2.75) is 39.5 Å². The number of fused-ring (bicyclic) bond motifs is 2. The summed E-state index contributed by atoms with van der Waals surface area (Å²) in [6.45, 7) is 4.34. The zero-order chi connectivity index (χ0) is 51.1. The van der Waals surface area contributed by atoms with Gasteiger partial charge in [0.15, 0.2) is 13.2 Å². The zero-order valence-corrected chi connectivity index (χ0v) is 39.6. The van der Waals surface area contributed by atoms with Crippen LogP contribution in [-0.4, -0.2) is 80.6 Å². The minimum atomic E-state index is -1.22. The number of carbonyl (C=O) groups is 6. The van der Waals surface area contributed by atoms with Crippen LogP contribution in [0.2, 0.25) is 0 Å². The van der Waals surface area contributed by atoms with Crippen molar-refractivity contribution in [2.75, 3.05) is 37.8 Å². The third kappa shape index (κ3) is 10.5. The smallest absolute Gasteiger partial charge is 0.337 e. The number of hydrogen-bond acceptors (Lipinski definition) is 10. The van der Waals surface area contributed by atoms with Gasteiger partial charge in [-0.15, -0.1) is 0 Å². The summed E-state index contributed by atoms with van der Waals surface area (Å²) in [6, 6.07) is 34.2. The number of hydrogen-bond donors (Lipinski definition) is 6. The van der Waals surface area contributed by atoms with E-state index < -0.39 is 11.9 Å². The number of amides is 2. The molecule has 0 saturated heterocycles. The van der Waals surface area contributed by atoms with Crippen LogP contribution < -0.4 is 31.6 Å². The first kappa shape index (κ1) is 49.2. The molecule has 4 heterocycles. The number of rotatable bonds is 21. The van der Waals surface area contributed by atoms with Crippen LogP contribution in [0.3, 0.4) is 0 Å². The van der Waals surface area contributed by atoms with Gasteiger partial charge >= 0.3 is 11.9 Å². The molecule has 4 aromatic carbocycles. The Bertz CT molecular complexity index is 3170. The number of pyridine rings is 2. The lowest BCUT2D eigenvalue weighted by Gasteiger charge is -2.10. The van der Waals surface area contributed by atoms with Gasteiger partial charge in [0.2, 0.25) is 11.6 Å². The molecule has 8 rings (SSSR count). The SMILES string of the molecule is Cc1c(-c2ccc(OCC(=O)NCCCCCCNC(=O)COc3ccc(-c4c(C)c(C(=O)c5ccc(N)c(C(=O)O)c5)n5ccccc45)cc3)cc2)c2ccccn2c1C(=O)c1ccc(N)c(C(=O)O)c1. The molecule has 0 unspecified atom stereocenters. The summed E-state index contributed by atoms with van der Waals surface area (Å²) in [5.74, 6) is -2.62. The van der Waals surface area contributed by atoms with Crippen LogP contribution in [0.15, 0.2) is 134 Å². The molecule has 366 valence electrons. The fourth-order valence-electron chi connectivity index (χ4n) is 8.89. The number of nitrogens with one attached hydrogen (secondary N) is 2. The predicted molar refractivity (Wildman–Crippen MR) is 273 cm³/mol. The van der Waals surface area contributed by atoms with Crippen LogP contribution in [0.5, 0.6) is 11.5 Å². The number of aromatic carboxylic acids is 2. The number of carboxylic acids is 2. The molecule has 8 aromatic rings. The molecule has 72 heavy (non-hydrogen) atoms. The minimum Gasteiger partial charge on any atom is -0.484 e. The van der Waals surface area contributed by atoms with Crippen LogP contribution >= 0.6 is 0 Å². The number of anilines is 2. The summed E-state index contributed by atoms with van der Waals surface area (Å²) in [6.07, 6.45) is 6.80. The first-order chi connectivity index (χ1) is 34.7. The van der Waals surface area contributed by atoms with Crippen molar-refractivity contribution < 1.29 is 48.5 Å². The molecule has 0 aliphatic carbocycles. The predicted octanol–water partition coefficient (Wildman–Crippen LogP) is 8.42. The maximum Gasteiger partial charge on any atom is 0.337 e. The molecule has 0 spiro atoms. The number of nitrogens with two attached hydrogens (primary N) is 2. The lowest BCUT2D eigenvalue weighted by Crippen LogP contribution is -2.30. The fraction of sp³-hybridized carbons (Fsp3) is 0.179.